The predicted octanol–water partition coefficient (Wildman–Crippen LogP) is 1.51. The smallest absolute Gasteiger partial charge is 0.252 e. The van der Waals surface area contributed by atoms with Gasteiger partial charge in [-0.1, -0.05) is 30.3 Å². The van der Waals surface area contributed by atoms with E-state index >= 15 is 0 Å². The van der Waals surface area contributed by atoms with Gasteiger partial charge in [0, 0.05) is 23.4 Å². The Hall–Kier alpha value is -2.89. The molecule has 0 unspecified atom stereocenters. The van der Waals surface area contributed by atoms with Crippen molar-refractivity contribution in [2.45, 2.75) is 6.92 Å². The highest BCUT2D eigenvalue weighted by atomic mass is 16.1. The number of anilines is 1. The summed E-state index contributed by atoms with van der Waals surface area (Å²) >= 11 is 0. The Morgan fingerprint density at radius 1 is 1.20 bits per heavy atom. The molecule has 0 saturated heterocycles. The maximum Gasteiger partial charge on any atom is 0.252 e. The van der Waals surface area contributed by atoms with Gasteiger partial charge in [-0.3, -0.25) is 9.78 Å². The van der Waals surface area contributed by atoms with Gasteiger partial charge in [-0.2, -0.15) is 9.78 Å². The number of hydrogen-bond acceptors (Lipinski definition) is 4. The van der Waals surface area contributed by atoms with Crippen LogP contribution in [0.15, 0.2) is 47.3 Å². The number of nitrogen functional groups attached to an aromatic ring is 1. The number of rotatable bonds is 2. The summed E-state index contributed by atoms with van der Waals surface area (Å²) in [5.74, 6) is 0.729. The first-order chi connectivity index (χ1) is 9.63. The van der Waals surface area contributed by atoms with Crippen LogP contribution in [-0.2, 0) is 0 Å². The van der Waals surface area contributed by atoms with Gasteiger partial charge in [-0.15, -0.1) is 0 Å². The normalized spacial score (nSPS) is 10.7. The summed E-state index contributed by atoms with van der Waals surface area (Å²) in [6, 6.07) is 12.8. The van der Waals surface area contributed by atoms with Crippen molar-refractivity contribution in [2.75, 3.05) is 5.73 Å². The summed E-state index contributed by atoms with van der Waals surface area (Å²) in [7, 11) is 0. The van der Waals surface area contributed by atoms with Crippen LogP contribution in [0.2, 0.25) is 0 Å². The average Bonchev–Trinajstić information content (AvgIpc) is 2.81. The number of aromatic amines is 1. The molecule has 0 spiro atoms. The van der Waals surface area contributed by atoms with Crippen LogP contribution < -0.4 is 11.3 Å². The molecule has 20 heavy (non-hydrogen) atoms. The van der Waals surface area contributed by atoms with Gasteiger partial charge < -0.3 is 5.73 Å². The monoisotopic (exact) mass is 267 g/mol. The largest absolute Gasteiger partial charge is 0.383 e. The highest BCUT2D eigenvalue weighted by Gasteiger charge is 2.10. The van der Waals surface area contributed by atoms with Gasteiger partial charge in [0.15, 0.2) is 0 Å². The number of hydrogen-bond donors (Lipinski definition) is 2. The number of H-pyrrole nitrogens is 1. The number of benzene rings is 1. The molecule has 0 aliphatic carbocycles. The highest BCUT2D eigenvalue weighted by Crippen LogP contribution is 2.21. The molecule has 0 fully saturated rings. The SMILES string of the molecule is Cc1cc(=O)[nH]c(-n2nc(-c3ccccc3)cc2N)n1. The molecule has 0 bridgehead atoms. The molecule has 3 aromatic rings. The lowest BCUT2D eigenvalue weighted by molar-refractivity contribution is 0.805. The van der Waals surface area contributed by atoms with Gasteiger partial charge in [-0.25, -0.2) is 4.98 Å². The second kappa shape index (κ2) is 4.65. The van der Waals surface area contributed by atoms with Crippen molar-refractivity contribution in [1.29, 1.82) is 0 Å². The number of nitrogens with zero attached hydrogens (tertiary/aromatic N) is 3. The molecule has 0 saturated carbocycles. The first-order valence-corrected chi connectivity index (χ1v) is 6.13. The van der Waals surface area contributed by atoms with Crippen molar-refractivity contribution in [3.8, 4) is 17.2 Å². The standard InChI is InChI=1S/C14H13N5O/c1-9-7-13(20)17-14(16-9)19-12(15)8-11(18-19)10-5-3-2-4-6-10/h2-8H,15H2,1H3,(H,16,17,20). The van der Waals surface area contributed by atoms with E-state index in [0.717, 1.165) is 11.3 Å². The van der Waals surface area contributed by atoms with E-state index in [1.165, 1.54) is 10.7 Å². The zero-order valence-corrected chi connectivity index (χ0v) is 10.9. The molecule has 1 aromatic carbocycles. The Labute approximate surface area is 114 Å². The van der Waals surface area contributed by atoms with Crippen LogP contribution in [0.4, 0.5) is 5.82 Å². The van der Waals surface area contributed by atoms with Crippen LogP contribution in [0, 0.1) is 6.92 Å². The molecular weight excluding hydrogens is 254 g/mol. The predicted molar refractivity (Wildman–Crippen MR) is 76.6 cm³/mol. The molecule has 3 rings (SSSR count). The van der Waals surface area contributed by atoms with Gasteiger partial charge in [0.2, 0.25) is 5.95 Å². The molecule has 2 heterocycles. The van der Waals surface area contributed by atoms with E-state index in [1.807, 2.05) is 30.3 Å². The minimum Gasteiger partial charge on any atom is -0.383 e. The maximum atomic E-state index is 11.5. The highest BCUT2D eigenvalue weighted by molar-refractivity contribution is 5.62. The second-order valence-electron chi connectivity index (χ2n) is 4.44. The van der Waals surface area contributed by atoms with E-state index in [-0.39, 0.29) is 5.56 Å². The van der Waals surface area contributed by atoms with Crippen molar-refractivity contribution >= 4 is 5.82 Å². The summed E-state index contributed by atoms with van der Waals surface area (Å²) < 4.78 is 1.43. The molecule has 0 amide bonds. The topological polar surface area (TPSA) is 89.6 Å². The van der Waals surface area contributed by atoms with Crippen LogP contribution in [0.1, 0.15) is 5.69 Å². The van der Waals surface area contributed by atoms with Crippen molar-refractivity contribution in [2.24, 2.45) is 0 Å². The summed E-state index contributed by atoms with van der Waals surface area (Å²) in [6.07, 6.45) is 0. The van der Waals surface area contributed by atoms with E-state index in [2.05, 4.69) is 15.1 Å². The minimum atomic E-state index is -0.233. The fourth-order valence-corrected chi connectivity index (χ4v) is 1.98. The Morgan fingerprint density at radius 3 is 2.65 bits per heavy atom. The second-order valence-corrected chi connectivity index (χ2v) is 4.44. The average molecular weight is 267 g/mol. The summed E-state index contributed by atoms with van der Waals surface area (Å²) in [4.78, 5) is 18.4. The van der Waals surface area contributed by atoms with E-state index < -0.39 is 0 Å². The maximum absolute atomic E-state index is 11.5. The van der Waals surface area contributed by atoms with Crippen molar-refractivity contribution in [3.63, 3.8) is 0 Å². The molecule has 0 aliphatic rings. The third kappa shape index (κ3) is 2.18. The number of aromatic nitrogens is 4. The van der Waals surface area contributed by atoms with Gasteiger partial charge >= 0.3 is 0 Å². The molecule has 2 aromatic heterocycles. The van der Waals surface area contributed by atoms with Crippen LogP contribution in [0.3, 0.4) is 0 Å². The van der Waals surface area contributed by atoms with Gasteiger partial charge in [-0.05, 0) is 6.92 Å². The molecule has 0 aliphatic heterocycles. The lowest BCUT2D eigenvalue weighted by atomic mass is 10.2. The quantitative estimate of drug-likeness (QED) is 0.736. The Balaban J connectivity index is 2.12. The molecule has 100 valence electrons. The number of nitrogens with two attached hydrogens (primary N) is 1. The van der Waals surface area contributed by atoms with E-state index in [1.54, 1.807) is 13.0 Å². The Kier molecular flexibility index (Phi) is 2.83. The summed E-state index contributed by atoms with van der Waals surface area (Å²) in [5, 5.41) is 4.39. The minimum absolute atomic E-state index is 0.233. The molecule has 0 radical (unpaired) electrons. The third-order valence-electron chi connectivity index (χ3n) is 2.86. The molecular formula is C14H13N5O. The summed E-state index contributed by atoms with van der Waals surface area (Å²) in [5.41, 5.74) is 8.01. The Morgan fingerprint density at radius 2 is 1.95 bits per heavy atom. The zero-order valence-electron chi connectivity index (χ0n) is 10.9. The lowest BCUT2D eigenvalue weighted by Crippen LogP contribution is -2.15. The third-order valence-corrected chi connectivity index (χ3v) is 2.86. The van der Waals surface area contributed by atoms with Crippen LogP contribution in [-0.4, -0.2) is 19.7 Å². The molecule has 3 N–H and O–H groups in total. The molecule has 6 heteroatoms. The molecule has 0 atom stereocenters. The fourth-order valence-electron chi connectivity index (χ4n) is 1.98. The van der Waals surface area contributed by atoms with Crippen molar-refractivity contribution < 1.29 is 0 Å². The van der Waals surface area contributed by atoms with Gasteiger partial charge in [0.05, 0.1) is 5.69 Å². The zero-order chi connectivity index (χ0) is 14.1. The van der Waals surface area contributed by atoms with Gasteiger partial charge in [0.1, 0.15) is 5.82 Å². The summed E-state index contributed by atoms with van der Waals surface area (Å²) in [6.45, 7) is 1.75. The van der Waals surface area contributed by atoms with E-state index in [0.29, 0.717) is 17.5 Å². The van der Waals surface area contributed by atoms with Crippen LogP contribution in [0.25, 0.3) is 17.2 Å². The van der Waals surface area contributed by atoms with E-state index in [4.69, 9.17) is 5.73 Å². The fraction of sp³-hybridized carbons (Fsp3) is 0.0714. The molecule has 6 nitrogen and oxygen atoms in total. The first kappa shape index (κ1) is 12.2. The Bertz CT molecular complexity index is 804. The lowest BCUT2D eigenvalue weighted by Gasteiger charge is -2.02. The van der Waals surface area contributed by atoms with Crippen LogP contribution >= 0.6 is 0 Å². The first-order valence-electron chi connectivity index (χ1n) is 6.13. The number of aryl methyl sites for hydroxylation is 1. The van der Waals surface area contributed by atoms with Crippen LogP contribution in [0.5, 0.6) is 0 Å². The van der Waals surface area contributed by atoms with E-state index in [9.17, 15) is 4.79 Å². The van der Waals surface area contributed by atoms with Gasteiger partial charge in [0.25, 0.3) is 5.56 Å². The van der Waals surface area contributed by atoms with Crippen molar-refractivity contribution in [3.05, 3.63) is 58.5 Å². The van der Waals surface area contributed by atoms with Crippen molar-refractivity contribution in [1.82, 2.24) is 19.7 Å². The number of nitrogens with one attached hydrogen (secondary N) is 1.